The summed E-state index contributed by atoms with van der Waals surface area (Å²) in [6.07, 6.45) is 6.33. The number of amides is 3. The lowest BCUT2D eigenvalue weighted by Gasteiger charge is -2.25. The van der Waals surface area contributed by atoms with Gasteiger partial charge in [0.1, 0.15) is 6.04 Å². The number of ether oxygens (including phenoxy) is 2. The van der Waals surface area contributed by atoms with Crippen molar-refractivity contribution in [2.45, 2.75) is 37.6 Å². The highest BCUT2D eigenvalue weighted by molar-refractivity contribution is 7.90. The lowest BCUT2D eigenvalue weighted by molar-refractivity contribution is -0.120. The van der Waals surface area contributed by atoms with E-state index in [4.69, 9.17) is 9.47 Å². The lowest BCUT2D eigenvalue weighted by Crippen LogP contribution is -2.51. The van der Waals surface area contributed by atoms with Crippen LogP contribution in [0.15, 0.2) is 108 Å². The molecule has 1 aliphatic heterocycles. The van der Waals surface area contributed by atoms with Crippen molar-refractivity contribution in [2.75, 3.05) is 18.7 Å². The number of urea groups is 1. The Balaban J connectivity index is 1.53. The van der Waals surface area contributed by atoms with Gasteiger partial charge in [-0.2, -0.15) is 0 Å². The summed E-state index contributed by atoms with van der Waals surface area (Å²) in [6.45, 7) is 7.56. The molecule has 0 bridgehead atoms. The van der Waals surface area contributed by atoms with Crippen LogP contribution in [-0.4, -0.2) is 40.2 Å². The van der Waals surface area contributed by atoms with Crippen LogP contribution in [0, 0.1) is 6.92 Å². The number of hydrogen-bond donors (Lipinski definition) is 2. The minimum Gasteiger partial charge on any atom is -0.454 e. The highest BCUT2D eigenvalue weighted by atomic mass is 32.2. The summed E-state index contributed by atoms with van der Waals surface area (Å²) in [5, 5.41) is 2.59. The fourth-order valence-corrected chi connectivity index (χ4v) is 5.70. The second-order valence-corrected chi connectivity index (χ2v) is 11.7. The standard InChI is InChI=1S/C33H35N3O6S/c1-5-25(26-12-7-6-8-13-26)17-15-23(2)16-19-28(32(37)36(4)27-18-20-29-30(21-27)42-22-41-29)34-33(38)35-43(39,40)31-14-10-9-11-24(31)3/h5-15,17-18,20-21,28H,1,16,19,22H2,2-4H3,(H2,34,35,38)/b23-15+,25-17+/t28-/m0/s1. The SMILES string of the molecule is C=C/C(=C\C=C(/C)CC[C@H](NC(=O)NS(=O)(=O)c1ccccc1C)C(=O)N(C)c1ccc2c(c1)OCO2)c1ccccc1. The maximum Gasteiger partial charge on any atom is 0.329 e. The summed E-state index contributed by atoms with van der Waals surface area (Å²) in [5.41, 5.74) is 3.93. The summed E-state index contributed by atoms with van der Waals surface area (Å²) in [4.78, 5) is 28.1. The van der Waals surface area contributed by atoms with E-state index in [1.54, 1.807) is 56.4 Å². The van der Waals surface area contributed by atoms with Crippen molar-refractivity contribution in [3.05, 3.63) is 114 Å². The Morgan fingerprint density at radius 3 is 2.42 bits per heavy atom. The second kappa shape index (κ2) is 13.9. The molecule has 0 aliphatic carbocycles. The van der Waals surface area contributed by atoms with Crippen LogP contribution in [0.1, 0.15) is 30.9 Å². The minimum atomic E-state index is -4.17. The quantitative estimate of drug-likeness (QED) is 0.271. The van der Waals surface area contributed by atoms with Crippen molar-refractivity contribution in [1.29, 1.82) is 0 Å². The molecule has 0 radical (unpaired) electrons. The molecular formula is C33H35N3O6S. The molecule has 1 aliphatic rings. The minimum absolute atomic E-state index is 0.0208. The van der Waals surface area contributed by atoms with Crippen molar-refractivity contribution in [2.24, 2.45) is 0 Å². The third-order valence-corrected chi connectivity index (χ3v) is 8.48. The fourth-order valence-electron chi connectivity index (χ4n) is 4.53. The number of rotatable bonds is 11. The average Bonchev–Trinajstić information content (AvgIpc) is 3.47. The van der Waals surface area contributed by atoms with Crippen LogP contribution in [0.2, 0.25) is 0 Å². The van der Waals surface area contributed by atoms with Crippen molar-refractivity contribution in [3.63, 3.8) is 0 Å². The number of sulfonamides is 1. The summed E-state index contributed by atoms with van der Waals surface area (Å²) < 4.78 is 38.7. The monoisotopic (exact) mass is 601 g/mol. The van der Waals surface area contributed by atoms with Crippen LogP contribution >= 0.6 is 0 Å². The van der Waals surface area contributed by atoms with Gasteiger partial charge in [0.25, 0.3) is 10.0 Å². The molecule has 3 aromatic carbocycles. The normalized spacial score (nSPS) is 13.7. The van der Waals surface area contributed by atoms with E-state index in [0.717, 1.165) is 16.7 Å². The molecule has 0 spiro atoms. The number of likely N-dealkylation sites (N-methyl/N-ethyl adjacent to an activating group) is 1. The van der Waals surface area contributed by atoms with Gasteiger partial charge < -0.3 is 19.7 Å². The van der Waals surface area contributed by atoms with Crippen molar-refractivity contribution < 1.29 is 27.5 Å². The number of aryl methyl sites for hydroxylation is 1. The number of carbonyl (C=O) groups excluding carboxylic acids is 2. The molecule has 0 unspecified atom stereocenters. The number of benzene rings is 3. The molecule has 3 amide bonds. The Hall–Kier alpha value is -4.83. The van der Waals surface area contributed by atoms with Crippen LogP contribution in [0.25, 0.3) is 5.57 Å². The van der Waals surface area contributed by atoms with Crippen LogP contribution < -0.4 is 24.4 Å². The van der Waals surface area contributed by atoms with Gasteiger partial charge >= 0.3 is 6.03 Å². The van der Waals surface area contributed by atoms with E-state index in [1.165, 1.54) is 11.0 Å². The predicted octanol–water partition coefficient (Wildman–Crippen LogP) is 5.74. The largest absolute Gasteiger partial charge is 0.454 e. The Morgan fingerprint density at radius 1 is 1.00 bits per heavy atom. The van der Waals surface area contributed by atoms with Crippen LogP contribution in [-0.2, 0) is 14.8 Å². The molecule has 0 saturated carbocycles. The van der Waals surface area contributed by atoms with Gasteiger partial charge in [-0.05, 0) is 61.6 Å². The number of nitrogens with one attached hydrogen (secondary N) is 2. The van der Waals surface area contributed by atoms with Crippen molar-refractivity contribution in [3.8, 4) is 11.5 Å². The predicted molar refractivity (Wildman–Crippen MR) is 167 cm³/mol. The topological polar surface area (TPSA) is 114 Å². The molecule has 43 heavy (non-hydrogen) atoms. The molecule has 224 valence electrons. The van der Waals surface area contributed by atoms with E-state index in [9.17, 15) is 18.0 Å². The number of anilines is 1. The summed E-state index contributed by atoms with van der Waals surface area (Å²) >= 11 is 0. The number of fused-ring (bicyclic) bond motifs is 1. The number of nitrogens with zero attached hydrogens (tertiary/aromatic N) is 1. The Morgan fingerprint density at radius 2 is 1.70 bits per heavy atom. The van der Waals surface area contributed by atoms with Gasteiger partial charge in [0.05, 0.1) is 4.90 Å². The maximum atomic E-state index is 13.7. The summed E-state index contributed by atoms with van der Waals surface area (Å²) in [5.74, 6) is 0.649. The van der Waals surface area contributed by atoms with E-state index >= 15 is 0 Å². The summed E-state index contributed by atoms with van der Waals surface area (Å²) in [7, 11) is -2.58. The summed E-state index contributed by atoms with van der Waals surface area (Å²) in [6, 6.07) is 19.2. The zero-order valence-electron chi connectivity index (χ0n) is 24.4. The highest BCUT2D eigenvalue weighted by Crippen LogP contribution is 2.35. The van der Waals surface area contributed by atoms with Crippen LogP contribution in [0.4, 0.5) is 10.5 Å². The molecule has 10 heteroatoms. The number of allylic oxidation sites excluding steroid dienone is 5. The fraction of sp³-hybridized carbons (Fsp3) is 0.212. The average molecular weight is 602 g/mol. The Labute approximate surface area is 252 Å². The molecule has 0 saturated heterocycles. The highest BCUT2D eigenvalue weighted by Gasteiger charge is 2.28. The van der Waals surface area contributed by atoms with Gasteiger partial charge in [0.2, 0.25) is 12.7 Å². The molecule has 9 nitrogen and oxygen atoms in total. The molecule has 0 fully saturated rings. The van der Waals surface area contributed by atoms with Gasteiger partial charge in [-0.15, -0.1) is 0 Å². The molecule has 4 rings (SSSR count). The second-order valence-electron chi connectivity index (χ2n) is 10.1. The maximum absolute atomic E-state index is 13.7. The third kappa shape index (κ3) is 7.92. The molecule has 0 aromatic heterocycles. The molecule has 1 atom stereocenters. The van der Waals surface area contributed by atoms with Gasteiger partial charge in [0.15, 0.2) is 11.5 Å². The zero-order chi connectivity index (χ0) is 31.0. The van der Waals surface area contributed by atoms with Gasteiger partial charge in [-0.3, -0.25) is 4.79 Å². The molecule has 2 N–H and O–H groups in total. The third-order valence-electron chi connectivity index (χ3n) is 6.99. The lowest BCUT2D eigenvalue weighted by atomic mass is 10.0. The van der Waals surface area contributed by atoms with Crippen LogP contribution in [0.5, 0.6) is 11.5 Å². The van der Waals surface area contributed by atoms with E-state index in [0.29, 0.717) is 29.2 Å². The first kappa shape index (κ1) is 31.1. The van der Waals surface area contributed by atoms with Gasteiger partial charge in [-0.1, -0.05) is 78.9 Å². The molecule has 1 heterocycles. The first-order valence-corrected chi connectivity index (χ1v) is 15.2. The van der Waals surface area contributed by atoms with Crippen LogP contribution in [0.3, 0.4) is 0 Å². The van der Waals surface area contributed by atoms with E-state index in [2.05, 4.69) is 11.9 Å². The Kier molecular flexibility index (Phi) is 10.0. The van der Waals surface area contributed by atoms with E-state index in [-0.39, 0.29) is 18.1 Å². The first-order valence-electron chi connectivity index (χ1n) is 13.7. The smallest absolute Gasteiger partial charge is 0.329 e. The van der Waals surface area contributed by atoms with E-state index < -0.39 is 28.0 Å². The number of hydrogen-bond acceptors (Lipinski definition) is 6. The van der Waals surface area contributed by atoms with Gasteiger partial charge in [0, 0.05) is 18.8 Å². The molecule has 3 aromatic rings. The first-order chi connectivity index (χ1) is 20.6. The van der Waals surface area contributed by atoms with Gasteiger partial charge in [-0.25, -0.2) is 17.9 Å². The van der Waals surface area contributed by atoms with Crippen molar-refractivity contribution >= 4 is 33.2 Å². The number of carbonyl (C=O) groups is 2. The molecular weight excluding hydrogens is 566 g/mol. The van der Waals surface area contributed by atoms with Crippen molar-refractivity contribution in [1.82, 2.24) is 10.0 Å². The zero-order valence-corrected chi connectivity index (χ0v) is 25.2. The van der Waals surface area contributed by atoms with E-state index in [1.807, 2.05) is 54.1 Å². The Bertz CT molecular complexity index is 1660.